The average Bonchev–Trinajstić information content (AvgIpc) is 3.15. The van der Waals surface area contributed by atoms with E-state index in [0.717, 1.165) is 36.1 Å². The third-order valence-electron chi connectivity index (χ3n) is 10.1. The minimum atomic E-state index is -0.809. The van der Waals surface area contributed by atoms with Gasteiger partial charge in [-0.15, -0.1) is 0 Å². The fourth-order valence-electron chi connectivity index (χ4n) is 8.16. The summed E-state index contributed by atoms with van der Waals surface area (Å²) in [5.74, 6) is 0.157. The normalized spacial score (nSPS) is 18.3. The molecule has 224 valence electrons. The van der Waals surface area contributed by atoms with E-state index in [0.29, 0.717) is 0 Å². The van der Waals surface area contributed by atoms with E-state index in [9.17, 15) is 4.79 Å². The predicted octanol–water partition coefficient (Wildman–Crippen LogP) is 9.46. The molecule has 3 heteroatoms. The zero-order valence-corrected chi connectivity index (χ0v) is 26.9. The number of hydrogen-bond donors (Lipinski definition) is 0. The van der Waals surface area contributed by atoms with Crippen LogP contribution in [0.15, 0.2) is 181 Å². The second kappa shape index (κ2) is 11.2. The minimum Gasteiger partial charge on any atom is -0.310 e. The standard InChI is InChI=1S/C44H33NOP/c46-43-35-19-7-13-25-41(35)47(42-26-14-8-20-36(42)43)34-29-27-33(28-30-34)45-39-23-11-9-21-37(39)44(31-15-3-1-4-16-31,32-17-5-2-6-18-32)38-22-10-12-24-40(38)45/h1-9,11-21,23-25,27-30H,10,22,26H2/q+1. The lowest BCUT2D eigenvalue weighted by molar-refractivity contribution is 0.104. The van der Waals surface area contributed by atoms with Gasteiger partial charge in [0.1, 0.15) is 5.29 Å². The largest absolute Gasteiger partial charge is 0.310 e. The highest BCUT2D eigenvalue weighted by Gasteiger charge is 2.47. The molecule has 9 rings (SSSR count). The van der Waals surface area contributed by atoms with Crippen molar-refractivity contribution in [3.63, 3.8) is 0 Å². The second-order valence-corrected chi connectivity index (χ2v) is 14.7. The number of benzene rings is 5. The van der Waals surface area contributed by atoms with Crippen LogP contribution in [0.1, 0.15) is 46.3 Å². The van der Waals surface area contributed by atoms with E-state index in [1.165, 1.54) is 49.6 Å². The number of ketones is 1. The van der Waals surface area contributed by atoms with Gasteiger partial charge >= 0.3 is 0 Å². The lowest BCUT2D eigenvalue weighted by Crippen LogP contribution is -2.40. The van der Waals surface area contributed by atoms with Crippen LogP contribution in [-0.2, 0) is 5.41 Å². The van der Waals surface area contributed by atoms with Gasteiger partial charge in [0.25, 0.3) is 0 Å². The zero-order valence-electron chi connectivity index (χ0n) is 26.0. The molecule has 2 aliphatic heterocycles. The van der Waals surface area contributed by atoms with Crippen molar-refractivity contribution in [1.82, 2.24) is 0 Å². The first kappa shape index (κ1) is 28.0. The molecule has 0 radical (unpaired) electrons. The first-order valence-corrected chi connectivity index (χ1v) is 17.8. The number of allylic oxidation sites excluding steroid dienone is 7. The van der Waals surface area contributed by atoms with E-state index in [2.05, 4.69) is 144 Å². The molecule has 0 saturated carbocycles. The Morgan fingerprint density at radius 3 is 2.13 bits per heavy atom. The Morgan fingerprint density at radius 2 is 1.36 bits per heavy atom. The second-order valence-electron chi connectivity index (χ2n) is 12.5. The topological polar surface area (TPSA) is 20.3 Å². The SMILES string of the molecule is O=C1C2=CC=CCC2=[P+](c2ccc(N3C4=C(CCC=C4)C(c4ccccc4)(c4ccccc4)c4ccccc43)cc2)c2ccccc21. The summed E-state index contributed by atoms with van der Waals surface area (Å²) in [6.07, 6.45) is 13.7. The van der Waals surface area contributed by atoms with Gasteiger partial charge in [0.05, 0.1) is 22.2 Å². The maximum absolute atomic E-state index is 13.5. The smallest absolute Gasteiger partial charge is 0.201 e. The first-order valence-electron chi connectivity index (χ1n) is 16.4. The highest BCUT2D eigenvalue weighted by Crippen LogP contribution is 2.57. The van der Waals surface area contributed by atoms with Crippen LogP contribution in [0.4, 0.5) is 11.4 Å². The van der Waals surface area contributed by atoms with Crippen molar-refractivity contribution < 1.29 is 4.79 Å². The van der Waals surface area contributed by atoms with Crippen LogP contribution >= 0.6 is 7.55 Å². The van der Waals surface area contributed by atoms with Crippen molar-refractivity contribution in [2.75, 3.05) is 4.90 Å². The summed E-state index contributed by atoms with van der Waals surface area (Å²) in [6, 6.07) is 48.5. The Morgan fingerprint density at radius 1 is 0.681 bits per heavy atom. The number of Topliss-reactive ketones (excluding diaryl/α,β-unsaturated/α-hetero) is 1. The third kappa shape index (κ3) is 4.18. The van der Waals surface area contributed by atoms with Gasteiger partial charge in [-0.05, 0) is 89.7 Å². The molecule has 0 amide bonds. The number of fused-ring (bicyclic) bond motifs is 3. The molecule has 0 bridgehead atoms. The van der Waals surface area contributed by atoms with E-state index in [4.69, 9.17) is 0 Å². The minimum absolute atomic E-state index is 0.157. The number of para-hydroxylation sites is 1. The Labute approximate surface area is 277 Å². The average molecular weight is 623 g/mol. The molecule has 2 aliphatic carbocycles. The quantitative estimate of drug-likeness (QED) is 0.186. The molecule has 0 fully saturated rings. The highest BCUT2D eigenvalue weighted by atomic mass is 31.1. The van der Waals surface area contributed by atoms with Gasteiger partial charge in [-0.3, -0.25) is 4.79 Å². The van der Waals surface area contributed by atoms with E-state index >= 15 is 0 Å². The first-order chi connectivity index (χ1) is 23.3. The van der Waals surface area contributed by atoms with Gasteiger partial charge < -0.3 is 4.90 Å². The summed E-state index contributed by atoms with van der Waals surface area (Å²) in [6.45, 7) is 0. The molecule has 0 aromatic heterocycles. The van der Waals surface area contributed by atoms with Crippen LogP contribution in [0.5, 0.6) is 0 Å². The summed E-state index contributed by atoms with van der Waals surface area (Å²) < 4.78 is 0. The maximum Gasteiger partial charge on any atom is 0.201 e. The van der Waals surface area contributed by atoms with Crippen molar-refractivity contribution in [2.24, 2.45) is 0 Å². The van der Waals surface area contributed by atoms with E-state index < -0.39 is 13.0 Å². The number of rotatable bonds is 4. The zero-order chi connectivity index (χ0) is 31.4. The molecule has 1 unspecified atom stereocenters. The van der Waals surface area contributed by atoms with Crippen molar-refractivity contribution in [3.8, 4) is 0 Å². The summed E-state index contributed by atoms with van der Waals surface area (Å²) in [5, 5.41) is 3.71. The van der Waals surface area contributed by atoms with Gasteiger partial charge in [0.2, 0.25) is 5.78 Å². The molecule has 2 heterocycles. The van der Waals surface area contributed by atoms with Gasteiger partial charge in [0.15, 0.2) is 18.2 Å². The van der Waals surface area contributed by atoms with Crippen LogP contribution in [0.2, 0.25) is 0 Å². The van der Waals surface area contributed by atoms with E-state index in [-0.39, 0.29) is 5.78 Å². The Bertz CT molecular complexity index is 2180. The Hall–Kier alpha value is -5.30. The monoisotopic (exact) mass is 622 g/mol. The molecule has 0 saturated heterocycles. The molecule has 2 nitrogen and oxygen atoms in total. The van der Waals surface area contributed by atoms with E-state index in [1.54, 1.807) is 0 Å². The van der Waals surface area contributed by atoms with Crippen molar-refractivity contribution in [2.45, 2.75) is 24.7 Å². The van der Waals surface area contributed by atoms with Crippen LogP contribution < -0.4 is 15.5 Å². The Balaban J connectivity index is 1.25. The van der Waals surface area contributed by atoms with Gasteiger partial charge in [-0.2, -0.15) is 0 Å². The lowest BCUT2D eigenvalue weighted by atomic mass is 9.60. The molecule has 1 atom stereocenters. The summed E-state index contributed by atoms with van der Waals surface area (Å²) in [7, 11) is -0.809. The molecule has 5 aromatic rings. The van der Waals surface area contributed by atoms with Crippen LogP contribution in [-0.4, -0.2) is 11.1 Å². The number of nitrogens with zero attached hydrogens (tertiary/aromatic N) is 1. The highest BCUT2D eigenvalue weighted by molar-refractivity contribution is 7.74. The fourth-order valence-corrected chi connectivity index (χ4v) is 10.8. The number of anilines is 2. The molecule has 0 spiro atoms. The fraction of sp³-hybridized carbons (Fsp3) is 0.0909. The number of carbonyl (C=O) groups is 1. The van der Waals surface area contributed by atoms with Gasteiger partial charge in [-0.25, -0.2) is 0 Å². The molecular weight excluding hydrogens is 589 g/mol. The van der Waals surface area contributed by atoms with Gasteiger partial charge in [-0.1, -0.05) is 109 Å². The molecular formula is C44H33NOP+. The van der Waals surface area contributed by atoms with Crippen LogP contribution in [0, 0.1) is 0 Å². The van der Waals surface area contributed by atoms with E-state index in [1.807, 2.05) is 24.3 Å². The van der Waals surface area contributed by atoms with Gasteiger partial charge in [0, 0.05) is 17.8 Å². The summed E-state index contributed by atoms with van der Waals surface area (Å²) in [4.78, 5) is 15.9. The third-order valence-corrected chi connectivity index (χ3v) is 12.7. The van der Waals surface area contributed by atoms with Crippen molar-refractivity contribution >= 4 is 40.6 Å². The molecule has 5 aromatic carbocycles. The number of carbonyl (C=O) groups excluding carboxylic acids is 1. The Kier molecular flexibility index (Phi) is 6.66. The van der Waals surface area contributed by atoms with Crippen LogP contribution in [0.25, 0.3) is 0 Å². The lowest BCUT2D eigenvalue weighted by Gasteiger charge is -2.48. The number of hydrogen-bond acceptors (Lipinski definition) is 2. The molecule has 4 aliphatic rings. The van der Waals surface area contributed by atoms with Crippen molar-refractivity contribution in [3.05, 3.63) is 203 Å². The predicted molar refractivity (Wildman–Crippen MR) is 197 cm³/mol. The molecule has 0 N–H and O–H groups in total. The summed E-state index contributed by atoms with van der Waals surface area (Å²) in [5.41, 5.74) is 10.3. The summed E-state index contributed by atoms with van der Waals surface area (Å²) >= 11 is 0. The van der Waals surface area contributed by atoms with Crippen LogP contribution in [0.3, 0.4) is 0 Å². The molecule has 47 heavy (non-hydrogen) atoms. The van der Waals surface area contributed by atoms with Crippen molar-refractivity contribution in [1.29, 1.82) is 0 Å². The maximum atomic E-state index is 13.5.